The van der Waals surface area contributed by atoms with E-state index < -0.39 is 22.0 Å². The summed E-state index contributed by atoms with van der Waals surface area (Å²) in [5, 5.41) is 0. The number of hydrogen-bond donors (Lipinski definition) is 1. The molecule has 0 aliphatic carbocycles. The average Bonchev–Trinajstić information content (AvgIpc) is 2.71. The Bertz CT molecular complexity index is 764. The van der Waals surface area contributed by atoms with E-state index in [0.29, 0.717) is 22.2 Å². The van der Waals surface area contributed by atoms with E-state index in [4.69, 9.17) is 14.0 Å². The Hall–Kier alpha value is -1.86. The van der Waals surface area contributed by atoms with Crippen molar-refractivity contribution in [1.29, 1.82) is 0 Å². The summed E-state index contributed by atoms with van der Waals surface area (Å²) in [4.78, 5) is 11.2. The van der Waals surface area contributed by atoms with Crippen LogP contribution in [0.25, 0.3) is 5.70 Å². The van der Waals surface area contributed by atoms with Crippen molar-refractivity contribution in [3.63, 3.8) is 0 Å². The zero-order valence-electron chi connectivity index (χ0n) is 13.4. The van der Waals surface area contributed by atoms with Crippen LogP contribution in [-0.4, -0.2) is 43.2 Å². The highest BCUT2D eigenvalue weighted by molar-refractivity contribution is 7.83. The summed E-state index contributed by atoms with van der Waals surface area (Å²) in [6, 6.07) is 4.82. The summed E-state index contributed by atoms with van der Waals surface area (Å²) in [6.07, 6.45) is -0.472. The van der Waals surface area contributed by atoms with Gasteiger partial charge in [-0.05, 0) is 39.0 Å². The van der Waals surface area contributed by atoms with Crippen molar-refractivity contribution in [3.05, 3.63) is 29.3 Å². The number of benzene rings is 1. The van der Waals surface area contributed by atoms with Crippen molar-refractivity contribution in [1.82, 2.24) is 4.31 Å². The molecule has 0 aromatic heterocycles. The number of carbonyl (C=O) groups excluding carboxylic acids is 1. The maximum atomic E-state index is 11.2. The summed E-state index contributed by atoms with van der Waals surface area (Å²) in [5.41, 5.74) is 0.329. The number of nitrogens with zero attached hydrogens (tertiary/aromatic N) is 1. The molecule has 7 nitrogen and oxygen atoms in total. The van der Waals surface area contributed by atoms with Gasteiger partial charge in [0, 0.05) is 24.8 Å². The Morgan fingerprint density at radius 3 is 2.65 bits per heavy atom. The molecule has 1 aliphatic heterocycles. The van der Waals surface area contributed by atoms with E-state index in [1.54, 1.807) is 18.1 Å². The summed E-state index contributed by atoms with van der Waals surface area (Å²) >= 11 is 0. The lowest BCUT2D eigenvalue weighted by atomic mass is 9.84. The second-order valence-corrected chi connectivity index (χ2v) is 7.18. The van der Waals surface area contributed by atoms with Gasteiger partial charge in [0.15, 0.2) is 5.94 Å². The first kappa shape index (κ1) is 17.5. The van der Waals surface area contributed by atoms with E-state index in [-0.39, 0.29) is 5.70 Å². The van der Waals surface area contributed by atoms with Crippen molar-refractivity contribution in [2.75, 3.05) is 13.7 Å². The molecule has 1 atom stereocenters. The molecule has 23 heavy (non-hydrogen) atoms. The molecule has 1 aromatic carbocycles. The van der Waals surface area contributed by atoms with E-state index >= 15 is 0 Å². The monoisotopic (exact) mass is 341 g/mol. The molecule has 1 heterocycles. The summed E-state index contributed by atoms with van der Waals surface area (Å²) < 4.78 is 43.4. The van der Waals surface area contributed by atoms with Gasteiger partial charge in [-0.15, -0.1) is 0 Å². The molecule has 1 unspecified atom stereocenters. The minimum atomic E-state index is -4.55. The highest BCUT2D eigenvalue weighted by Crippen LogP contribution is 2.44. The second-order valence-electron chi connectivity index (χ2n) is 5.73. The van der Waals surface area contributed by atoms with Crippen LogP contribution in [0.2, 0.25) is 0 Å². The molecule has 0 saturated heterocycles. The molecular formula is C15H19NO6S. The Morgan fingerprint density at radius 1 is 1.48 bits per heavy atom. The average molecular weight is 341 g/mol. The Balaban J connectivity index is 2.48. The van der Waals surface area contributed by atoms with Crippen LogP contribution in [0.5, 0.6) is 5.75 Å². The van der Waals surface area contributed by atoms with E-state index in [1.807, 2.05) is 20.8 Å². The SMILES string of the molecule is CCOC1Oc2ccc(C(=C=O)N(C)S(=O)(=O)O)cc2C1(C)C. The van der Waals surface area contributed by atoms with Gasteiger partial charge < -0.3 is 9.47 Å². The first-order chi connectivity index (χ1) is 10.6. The fraction of sp³-hybridized carbons (Fsp3) is 0.467. The highest BCUT2D eigenvalue weighted by atomic mass is 32.2. The third-order valence-electron chi connectivity index (χ3n) is 3.85. The van der Waals surface area contributed by atoms with E-state index in [1.165, 1.54) is 6.07 Å². The Labute approximate surface area is 135 Å². The van der Waals surface area contributed by atoms with Gasteiger partial charge in [-0.2, -0.15) is 8.42 Å². The number of ether oxygens (including phenoxy) is 2. The van der Waals surface area contributed by atoms with Crippen LogP contribution in [0.3, 0.4) is 0 Å². The van der Waals surface area contributed by atoms with Crippen molar-refractivity contribution < 1.29 is 27.2 Å². The molecule has 0 fully saturated rings. The van der Waals surface area contributed by atoms with Gasteiger partial charge in [0.1, 0.15) is 11.4 Å². The topological polar surface area (TPSA) is 93.1 Å². The molecule has 1 aliphatic rings. The fourth-order valence-electron chi connectivity index (χ4n) is 2.49. The van der Waals surface area contributed by atoms with Gasteiger partial charge >= 0.3 is 10.3 Å². The van der Waals surface area contributed by atoms with Gasteiger partial charge in [-0.1, -0.05) is 0 Å². The largest absolute Gasteiger partial charge is 0.464 e. The summed E-state index contributed by atoms with van der Waals surface area (Å²) in [5.74, 6) is 2.17. The zero-order chi connectivity index (χ0) is 17.4. The lowest BCUT2D eigenvalue weighted by molar-refractivity contribution is -0.0981. The van der Waals surface area contributed by atoms with Crippen LogP contribution in [0.4, 0.5) is 0 Å². The van der Waals surface area contributed by atoms with Gasteiger partial charge in [0.2, 0.25) is 6.29 Å². The van der Waals surface area contributed by atoms with Crippen LogP contribution >= 0.6 is 0 Å². The highest BCUT2D eigenvalue weighted by Gasteiger charge is 2.42. The van der Waals surface area contributed by atoms with Crippen molar-refractivity contribution in [2.24, 2.45) is 0 Å². The summed E-state index contributed by atoms with van der Waals surface area (Å²) in [6.45, 7) is 6.21. The Kier molecular flexibility index (Phi) is 4.54. The molecule has 0 bridgehead atoms. The van der Waals surface area contributed by atoms with Crippen LogP contribution < -0.4 is 4.74 Å². The third-order valence-corrected chi connectivity index (χ3v) is 4.72. The fourth-order valence-corrected chi connectivity index (χ4v) is 2.86. The predicted octanol–water partition coefficient (Wildman–Crippen LogP) is 1.63. The predicted molar refractivity (Wildman–Crippen MR) is 83.9 cm³/mol. The molecule has 126 valence electrons. The van der Waals surface area contributed by atoms with Crippen molar-refractivity contribution >= 4 is 21.9 Å². The first-order valence-electron chi connectivity index (χ1n) is 7.02. The number of rotatable bonds is 5. The van der Waals surface area contributed by atoms with E-state index in [2.05, 4.69) is 0 Å². The van der Waals surface area contributed by atoms with E-state index in [0.717, 1.165) is 12.6 Å². The third kappa shape index (κ3) is 3.11. The van der Waals surface area contributed by atoms with Crippen LogP contribution in [-0.2, 0) is 25.3 Å². The van der Waals surface area contributed by atoms with Gasteiger partial charge in [0.05, 0.1) is 5.41 Å². The molecule has 0 radical (unpaired) electrons. The quantitative estimate of drug-likeness (QED) is 0.646. The van der Waals surface area contributed by atoms with Gasteiger partial charge in [0.25, 0.3) is 0 Å². The van der Waals surface area contributed by atoms with Gasteiger partial charge in [-0.3, -0.25) is 4.55 Å². The second kappa shape index (κ2) is 5.98. The molecule has 2 rings (SSSR count). The summed E-state index contributed by atoms with van der Waals surface area (Å²) in [7, 11) is -3.47. The minimum Gasteiger partial charge on any atom is -0.464 e. The number of fused-ring (bicyclic) bond motifs is 1. The van der Waals surface area contributed by atoms with Crippen molar-refractivity contribution in [2.45, 2.75) is 32.5 Å². The lowest BCUT2D eigenvalue weighted by Crippen LogP contribution is -2.34. The normalized spacial score (nSPS) is 18.7. The van der Waals surface area contributed by atoms with Crippen LogP contribution in [0.1, 0.15) is 31.9 Å². The molecule has 0 amide bonds. The van der Waals surface area contributed by atoms with Crippen molar-refractivity contribution in [3.8, 4) is 5.75 Å². The molecule has 1 N–H and O–H groups in total. The molecule has 8 heteroatoms. The molecule has 0 saturated carbocycles. The van der Waals surface area contributed by atoms with Gasteiger partial charge in [-0.25, -0.2) is 9.10 Å². The maximum absolute atomic E-state index is 11.2. The molecule has 1 aromatic rings. The maximum Gasteiger partial charge on any atom is 0.360 e. The molecule has 0 spiro atoms. The number of hydrogen-bond acceptors (Lipinski definition) is 5. The molecular weight excluding hydrogens is 322 g/mol. The van der Waals surface area contributed by atoms with Crippen LogP contribution in [0, 0.1) is 0 Å². The van der Waals surface area contributed by atoms with E-state index in [9.17, 15) is 13.2 Å². The standard InChI is InChI=1S/C15H19NO6S/c1-5-21-14-15(2,3)11-8-10(6-7-13(11)22-14)12(9-17)16(4)23(18,19)20/h6-8,14H,5H2,1-4H3,(H,18,19,20). The van der Waals surface area contributed by atoms with Crippen LogP contribution in [0.15, 0.2) is 18.2 Å². The zero-order valence-corrected chi connectivity index (χ0v) is 14.2. The Morgan fingerprint density at radius 2 is 2.13 bits per heavy atom. The minimum absolute atomic E-state index is 0.286. The first-order valence-corrected chi connectivity index (χ1v) is 8.42. The lowest BCUT2D eigenvalue weighted by Gasteiger charge is -2.25. The smallest absolute Gasteiger partial charge is 0.360 e.